The summed E-state index contributed by atoms with van der Waals surface area (Å²) in [5, 5.41) is 17.4. The zero-order valence-corrected chi connectivity index (χ0v) is 14.5. The standard InChI is InChI=1S/C14H20N6O2S/c1-8(2)11-17-18-13(23-11)20-6-5-14(7-20,16-9(3)21)12-15-10(4)22-19-12/h8H,5-7H2,1-4H3,(H,16,21). The van der Waals surface area contributed by atoms with Crippen LogP contribution in [0.2, 0.25) is 0 Å². The molecule has 0 bridgehead atoms. The molecule has 0 radical (unpaired) electrons. The van der Waals surface area contributed by atoms with Crippen molar-refractivity contribution in [1.29, 1.82) is 0 Å². The fourth-order valence-corrected chi connectivity index (χ4v) is 3.60. The van der Waals surface area contributed by atoms with Crippen molar-refractivity contribution in [2.45, 2.75) is 45.6 Å². The smallest absolute Gasteiger partial charge is 0.223 e. The quantitative estimate of drug-likeness (QED) is 0.905. The zero-order chi connectivity index (χ0) is 16.6. The fourth-order valence-electron chi connectivity index (χ4n) is 2.73. The number of nitrogens with one attached hydrogen (secondary N) is 1. The molecule has 1 atom stereocenters. The molecular weight excluding hydrogens is 316 g/mol. The Kier molecular flexibility index (Phi) is 4.05. The zero-order valence-electron chi connectivity index (χ0n) is 13.7. The van der Waals surface area contributed by atoms with E-state index in [-0.39, 0.29) is 5.91 Å². The molecule has 1 fully saturated rings. The van der Waals surface area contributed by atoms with Crippen molar-refractivity contribution >= 4 is 22.4 Å². The Morgan fingerprint density at radius 2 is 2.22 bits per heavy atom. The molecule has 1 amide bonds. The summed E-state index contributed by atoms with van der Waals surface area (Å²) in [6.45, 7) is 8.73. The Bertz CT molecular complexity index is 712. The van der Waals surface area contributed by atoms with Gasteiger partial charge in [-0.25, -0.2) is 0 Å². The maximum atomic E-state index is 11.7. The third kappa shape index (κ3) is 3.05. The molecule has 1 N–H and O–H groups in total. The maximum Gasteiger partial charge on any atom is 0.223 e. The molecule has 0 aliphatic carbocycles. The molecule has 2 aromatic heterocycles. The van der Waals surface area contributed by atoms with E-state index in [1.807, 2.05) is 0 Å². The second-order valence-corrected chi connectivity index (χ2v) is 7.14. The number of carbonyl (C=O) groups excluding carboxylic acids is 1. The van der Waals surface area contributed by atoms with Crippen molar-refractivity contribution in [1.82, 2.24) is 25.7 Å². The van der Waals surface area contributed by atoms with Gasteiger partial charge in [0.2, 0.25) is 16.9 Å². The molecule has 3 rings (SSSR count). The second-order valence-electron chi connectivity index (χ2n) is 6.15. The predicted molar refractivity (Wildman–Crippen MR) is 85.4 cm³/mol. The van der Waals surface area contributed by atoms with Crippen molar-refractivity contribution in [3.8, 4) is 0 Å². The van der Waals surface area contributed by atoms with Crippen LogP contribution >= 0.6 is 11.3 Å². The third-order valence-corrected chi connectivity index (χ3v) is 5.12. The van der Waals surface area contributed by atoms with Gasteiger partial charge in [-0.3, -0.25) is 4.79 Å². The number of hydrogen-bond donors (Lipinski definition) is 1. The average molecular weight is 336 g/mol. The van der Waals surface area contributed by atoms with Gasteiger partial charge in [-0.05, 0) is 6.42 Å². The number of carbonyl (C=O) groups is 1. The summed E-state index contributed by atoms with van der Waals surface area (Å²) in [6.07, 6.45) is 0.697. The highest BCUT2D eigenvalue weighted by atomic mass is 32.1. The van der Waals surface area contributed by atoms with Crippen molar-refractivity contribution in [3.63, 3.8) is 0 Å². The Hall–Kier alpha value is -2.03. The van der Waals surface area contributed by atoms with E-state index < -0.39 is 5.54 Å². The van der Waals surface area contributed by atoms with Crippen LogP contribution in [0.3, 0.4) is 0 Å². The summed E-state index contributed by atoms with van der Waals surface area (Å²) < 4.78 is 5.10. The number of nitrogens with zero attached hydrogens (tertiary/aromatic N) is 5. The molecule has 8 nitrogen and oxygen atoms in total. The fraction of sp³-hybridized carbons (Fsp3) is 0.643. The first-order valence-electron chi connectivity index (χ1n) is 7.57. The van der Waals surface area contributed by atoms with Crippen molar-refractivity contribution in [3.05, 3.63) is 16.7 Å². The van der Waals surface area contributed by atoms with Crippen molar-refractivity contribution < 1.29 is 9.32 Å². The van der Waals surface area contributed by atoms with E-state index in [2.05, 4.69) is 44.4 Å². The van der Waals surface area contributed by atoms with E-state index in [0.717, 1.165) is 16.7 Å². The van der Waals surface area contributed by atoms with Gasteiger partial charge in [-0.2, -0.15) is 4.98 Å². The molecule has 1 unspecified atom stereocenters. The summed E-state index contributed by atoms with van der Waals surface area (Å²) in [5.41, 5.74) is -0.646. The number of hydrogen-bond acceptors (Lipinski definition) is 8. The van der Waals surface area contributed by atoms with Crippen molar-refractivity contribution in [2.75, 3.05) is 18.0 Å². The van der Waals surface area contributed by atoms with Crippen LogP contribution in [0.5, 0.6) is 0 Å². The lowest BCUT2D eigenvalue weighted by molar-refractivity contribution is -0.120. The lowest BCUT2D eigenvalue weighted by atomic mass is 9.97. The minimum absolute atomic E-state index is 0.116. The molecule has 23 heavy (non-hydrogen) atoms. The first kappa shape index (κ1) is 15.9. The SMILES string of the molecule is CC(=O)NC1(c2noc(C)n2)CCN(c2nnc(C(C)C)s2)C1. The Morgan fingerprint density at radius 1 is 1.43 bits per heavy atom. The molecule has 3 heterocycles. The van der Waals surface area contributed by atoms with Crippen LogP contribution in [0, 0.1) is 6.92 Å². The number of aryl methyl sites for hydroxylation is 1. The van der Waals surface area contributed by atoms with E-state index in [0.29, 0.717) is 30.6 Å². The van der Waals surface area contributed by atoms with Crippen molar-refractivity contribution in [2.24, 2.45) is 0 Å². The van der Waals surface area contributed by atoms with Gasteiger partial charge in [0.25, 0.3) is 0 Å². The minimum Gasteiger partial charge on any atom is -0.344 e. The van der Waals surface area contributed by atoms with Crippen LogP contribution in [0.1, 0.15) is 49.8 Å². The summed E-state index contributed by atoms with van der Waals surface area (Å²) in [6, 6.07) is 0. The van der Waals surface area contributed by atoms with E-state index >= 15 is 0 Å². The molecule has 0 saturated carbocycles. The summed E-state index contributed by atoms with van der Waals surface area (Å²) in [7, 11) is 0. The van der Waals surface area contributed by atoms with E-state index in [1.54, 1.807) is 18.3 Å². The van der Waals surface area contributed by atoms with Crippen LogP contribution in [0.15, 0.2) is 4.52 Å². The number of anilines is 1. The lowest BCUT2D eigenvalue weighted by Gasteiger charge is -2.26. The van der Waals surface area contributed by atoms with Gasteiger partial charge in [0.15, 0.2) is 5.82 Å². The topological polar surface area (TPSA) is 97.0 Å². The summed E-state index contributed by atoms with van der Waals surface area (Å²) in [5.74, 6) is 1.24. The Labute approximate surface area is 138 Å². The summed E-state index contributed by atoms with van der Waals surface area (Å²) >= 11 is 1.59. The highest BCUT2D eigenvalue weighted by Gasteiger charge is 2.45. The normalized spacial score (nSPS) is 21.2. The van der Waals surface area contributed by atoms with Gasteiger partial charge in [0.1, 0.15) is 10.5 Å². The van der Waals surface area contributed by atoms with Gasteiger partial charge in [0, 0.05) is 26.3 Å². The highest BCUT2D eigenvalue weighted by molar-refractivity contribution is 7.15. The van der Waals surface area contributed by atoms with Gasteiger partial charge in [-0.15, -0.1) is 10.2 Å². The molecule has 0 spiro atoms. The monoisotopic (exact) mass is 336 g/mol. The van der Waals surface area contributed by atoms with Crippen LogP contribution in [0.25, 0.3) is 0 Å². The average Bonchev–Trinajstić information content (AvgIpc) is 3.16. The van der Waals surface area contributed by atoms with Gasteiger partial charge in [-0.1, -0.05) is 30.3 Å². The predicted octanol–water partition coefficient (Wildman–Crippen LogP) is 1.59. The first-order valence-corrected chi connectivity index (χ1v) is 8.39. The molecule has 2 aromatic rings. The molecule has 1 aliphatic heterocycles. The number of amides is 1. The van der Waals surface area contributed by atoms with Crippen LogP contribution < -0.4 is 10.2 Å². The second kappa shape index (κ2) is 5.88. The van der Waals surface area contributed by atoms with E-state index in [1.165, 1.54) is 6.92 Å². The van der Waals surface area contributed by atoms with Gasteiger partial charge >= 0.3 is 0 Å². The third-order valence-electron chi connectivity index (χ3n) is 3.83. The lowest BCUT2D eigenvalue weighted by Crippen LogP contribution is -2.48. The Morgan fingerprint density at radius 3 is 2.78 bits per heavy atom. The van der Waals surface area contributed by atoms with E-state index in [4.69, 9.17) is 4.52 Å². The van der Waals surface area contributed by atoms with Crippen LogP contribution in [-0.2, 0) is 10.3 Å². The molecule has 0 aromatic carbocycles. The minimum atomic E-state index is -0.646. The van der Waals surface area contributed by atoms with Crippen LogP contribution in [-0.4, -0.2) is 39.3 Å². The molecular formula is C14H20N6O2S. The van der Waals surface area contributed by atoms with E-state index in [9.17, 15) is 4.79 Å². The number of aromatic nitrogens is 4. The Balaban J connectivity index is 1.87. The molecule has 124 valence electrons. The maximum absolute atomic E-state index is 11.7. The van der Waals surface area contributed by atoms with Gasteiger partial charge < -0.3 is 14.7 Å². The summed E-state index contributed by atoms with van der Waals surface area (Å²) in [4.78, 5) is 18.1. The first-order chi connectivity index (χ1) is 10.9. The molecule has 1 saturated heterocycles. The van der Waals surface area contributed by atoms with Gasteiger partial charge in [0.05, 0.1) is 6.54 Å². The number of rotatable bonds is 4. The largest absolute Gasteiger partial charge is 0.344 e. The highest BCUT2D eigenvalue weighted by Crippen LogP contribution is 2.35. The van der Waals surface area contributed by atoms with Crippen LogP contribution in [0.4, 0.5) is 5.13 Å². The molecule has 1 aliphatic rings. The molecule has 9 heteroatoms.